The van der Waals surface area contributed by atoms with E-state index in [2.05, 4.69) is 17.2 Å². The Balaban J connectivity index is 1.49. The highest BCUT2D eigenvalue weighted by atomic mass is 28.4. The fraction of sp³-hybridized carbons (Fsp3) is 0.500. The summed E-state index contributed by atoms with van der Waals surface area (Å²) in [7, 11) is -3.50. The first-order valence-corrected chi connectivity index (χ1v) is 18.8. The largest absolute Gasteiger partial charge is 0.395 e. The van der Waals surface area contributed by atoms with Crippen LogP contribution in [0.4, 0.5) is 15.5 Å². The van der Waals surface area contributed by atoms with Gasteiger partial charge in [0.05, 0.1) is 30.7 Å². The molecule has 0 bridgehead atoms. The zero-order valence-corrected chi connectivity index (χ0v) is 27.4. The van der Waals surface area contributed by atoms with Crippen LogP contribution in [0, 0.1) is 11.8 Å². The number of nitrogens with zero attached hydrogens (tertiary/aromatic N) is 2. The number of amides is 3. The van der Waals surface area contributed by atoms with E-state index in [9.17, 15) is 19.5 Å². The van der Waals surface area contributed by atoms with E-state index in [0.717, 1.165) is 24.9 Å². The van der Waals surface area contributed by atoms with Crippen LogP contribution in [0.1, 0.15) is 37.3 Å². The number of ether oxygens (including phenoxy) is 1. The zero-order chi connectivity index (χ0) is 32.4. The first-order valence-electron chi connectivity index (χ1n) is 15.9. The number of aliphatic hydroxyl groups is 1. The van der Waals surface area contributed by atoms with Crippen molar-refractivity contribution in [3.63, 3.8) is 0 Å². The Morgan fingerprint density at radius 1 is 1.27 bits per heavy atom. The molecule has 2 saturated heterocycles. The van der Waals surface area contributed by atoms with Crippen molar-refractivity contribution < 1.29 is 28.3 Å². The van der Waals surface area contributed by atoms with Crippen molar-refractivity contribution >= 4 is 37.5 Å². The number of halogens is 1. The van der Waals surface area contributed by atoms with Crippen LogP contribution >= 0.6 is 0 Å². The maximum absolute atomic E-state index is 16.3. The number of hydrogen-bond acceptors (Lipinski definition) is 6. The SMILES string of the molecule is C=CCN1C(=O)[C@@]2(O[C@@H](CC(=O)N(CCO)Cc3ccccc3)[C@H]([Si](C)(C)F)[C@H]2C)c2cc(NC(=O)C3CCCNC3)ccc21. The number of fused-ring (bicyclic) bond motifs is 2. The molecule has 2 fully saturated rings. The van der Waals surface area contributed by atoms with Crippen LogP contribution in [0.25, 0.3) is 0 Å². The van der Waals surface area contributed by atoms with Crippen LogP contribution in [-0.2, 0) is 31.3 Å². The van der Waals surface area contributed by atoms with Crippen molar-refractivity contribution in [2.45, 2.75) is 63.1 Å². The lowest BCUT2D eigenvalue weighted by atomic mass is 9.82. The molecular formula is C34H45FN4O5Si. The van der Waals surface area contributed by atoms with E-state index in [-0.39, 0.29) is 49.8 Å². The van der Waals surface area contributed by atoms with E-state index >= 15 is 4.11 Å². The average molecular weight is 637 g/mol. The molecule has 1 unspecified atom stereocenters. The fourth-order valence-corrected chi connectivity index (χ4v) is 9.97. The molecule has 0 radical (unpaired) electrons. The van der Waals surface area contributed by atoms with Crippen LogP contribution in [0.3, 0.4) is 0 Å². The normalized spacial score (nSPS) is 26.2. The number of nitrogens with one attached hydrogen (secondary N) is 2. The molecule has 3 N–H and O–H groups in total. The summed E-state index contributed by atoms with van der Waals surface area (Å²) in [4.78, 5) is 44.4. The summed E-state index contributed by atoms with van der Waals surface area (Å²) in [5.74, 6) is -1.43. The van der Waals surface area contributed by atoms with E-state index in [1.54, 1.807) is 47.2 Å². The second-order valence-electron chi connectivity index (χ2n) is 13.0. The standard InChI is InChI=1S/C34H45FN4O5Si/c1-5-16-39-28-14-13-26(37-32(42)25-12-9-15-36-21-25)19-27(28)34(33(39)43)23(2)31(45(3,4)35)29(44-34)20-30(41)38(17-18-40)22-24-10-7-6-8-11-24/h5-8,10-11,13-14,19,23,25,29,31,36,40H,1,9,12,15-18,20-22H2,2-4H3,(H,37,42)/t23-,25?,29+,31-,34+/m1/s1. The molecule has 5 rings (SSSR count). The molecule has 2 aromatic rings. The monoisotopic (exact) mass is 636 g/mol. The number of benzene rings is 2. The smallest absolute Gasteiger partial charge is 0.264 e. The topological polar surface area (TPSA) is 111 Å². The minimum absolute atomic E-state index is 0.0927. The molecule has 9 nitrogen and oxygen atoms in total. The van der Waals surface area contributed by atoms with Gasteiger partial charge >= 0.3 is 0 Å². The molecule has 5 atom stereocenters. The second-order valence-corrected chi connectivity index (χ2v) is 16.8. The van der Waals surface area contributed by atoms with E-state index in [4.69, 9.17) is 4.74 Å². The molecule has 2 aromatic carbocycles. The van der Waals surface area contributed by atoms with Gasteiger partial charge in [-0.05, 0) is 56.2 Å². The maximum Gasteiger partial charge on any atom is 0.264 e. The molecule has 11 heteroatoms. The number of anilines is 2. The van der Waals surface area contributed by atoms with Crippen molar-refractivity contribution in [1.82, 2.24) is 10.2 Å². The molecule has 3 aliphatic rings. The molecule has 3 heterocycles. The van der Waals surface area contributed by atoms with Crippen LogP contribution in [0.5, 0.6) is 0 Å². The summed E-state index contributed by atoms with van der Waals surface area (Å²) in [6.45, 7) is 10.8. The van der Waals surface area contributed by atoms with E-state index in [1.165, 1.54) is 0 Å². The van der Waals surface area contributed by atoms with Gasteiger partial charge in [0.25, 0.3) is 5.91 Å². The van der Waals surface area contributed by atoms with E-state index in [1.807, 2.05) is 37.3 Å². The van der Waals surface area contributed by atoms with Crippen molar-refractivity contribution in [2.75, 3.05) is 43.0 Å². The minimum Gasteiger partial charge on any atom is -0.395 e. The number of rotatable bonds is 11. The first-order chi connectivity index (χ1) is 21.5. The third kappa shape index (κ3) is 6.49. The van der Waals surface area contributed by atoms with Gasteiger partial charge in [0, 0.05) is 48.9 Å². The molecule has 0 saturated carbocycles. The van der Waals surface area contributed by atoms with Gasteiger partial charge in [-0.3, -0.25) is 14.4 Å². The van der Waals surface area contributed by atoms with Crippen molar-refractivity contribution in [2.24, 2.45) is 11.8 Å². The highest BCUT2D eigenvalue weighted by Gasteiger charge is 2.67. The average Bonchev–Trinajstić information content (AvgIpc) is 3.44. The van der Waals surface area contributed by atoms with Gasteiger partial charge in [-0.2, -0.15) is 0 Å². The Hall–Kier alpha value is -3.38. The van der Waals surface area contributed by atoms with Crippen LogP contribution in [0.2, 0.25) is 18.6 Å². The lowest BCUT2D eigenvalue weighted by molar-refractivity contribution is -0.149. The minimum atomic E-state index is -3.50. The van der Waals surface area contributed by atoms with Crippen LogP contribution < -0.4 is 15.5 Å². The van der Waals surface area contributed by atoms with Gasteiger partial charge in [-0.1, -0.05) is 43.3 Å². The first kappa shape index (κ1) is 33.0. The molecule has 242 valence electrons. The molecule has 3 amide bonds. The van der Waals surface area contributed by atoms with Crippen molar-refractivity contribution in [3.8, 4) is 0 Å². The van der Waals surface area contributed by atoms with Crippen molar-refractivity contribution in [3.05, 3.63) is 72.3 Å². The number of carbonyl (C=O) groups excluding carboxylic acids is 3. The quantitative estimate of drug-likeness (QED) is 0.192. The molecule has 0 aliphatic carbocycles. The lowest BCUT2D eigenvalue weighted by Crippen LogP contribution is -2.45. The third-order valence-corrected chi connectivity index (χ3v) is 12.0. The van der Waals surface area contributed by atoms with E-state index in [0.29, 0.717) is 30.0 Å². The summed E-state index contributed by atoms with van der Waals surface area (Å²) in [6.07, 6.45) is 2.37. The molecule has 0 aromatic heterocycles. The van der Waals surface area contributed by atoms with Crippen molar-refractivity contribution in [1.29, 1.82) is 0 Å². The fourth-order valence-electron chi connectivity index (χ4n) is 7.47. The molecular weight excluding hydrogens is 591 g/mol. The van der Waals surface area contributed by atoms with E-state index < -0.39 is 31.6 Å². The van der Waals surface area contributed by atoms with Crippen LogP contribution in [0.15, 0.2) is 61.2 Å². The predicted octanol–water partition coefficient (Wildman–Crippen LogP) is 4.34. The number of piperidine rings is 1. The lowest BCUT2D eigenvalue weighted by Gasteiger charge is -2.31. The Kier molecular flexibility index (Phi) is 9.93. The summed E-state index contributed by atoms with van der Waals surface area (Å²) < 4.78 is 23.0. The summed E-state index contributed by atoms with van der Waals surface area (Å²) in [5.41, 5.74) is 0.444. The summed E-state index contributed by atoms with van der Waals surface area (Å²) in [6, 6.07) is 14.8. The Morgan fingerprint density at radius 3 is 2.67 bits per heavy atom. The summed E-state index contributed by atoms with van der Waals surface area (Å²) in [5, 5.41) is 16.0. The number of carbonyl (C=O) groups is 3. The number of hydrogen-bond donors (Lipinski definition) is 3. The van der Waals surface area contributed by atoms with Gasteiger partial charge in [0.1, 0.15) is 0 Å². The van der Waals surface area contributed by atoms with Gasteiger partial charge in [0.2, 0.25) is 20.2 Å². The molecule has 3 aliphatic heterocycles. The Morgan fingerprint density at radius 2 is 2.02 bits per heavy atom. The highest BCUT2D eigenvalue weighted by molar-refractivity contribution is 6.72. The van der Waals surface area contributed by atoms with Gasteiger partial charge in [-0.25, -0.2) is 0 Å². The predicted molar refractivity (Wildman–Crippen MR) is 175 cm³/mol. The van der Waals surface area contributed by atoms with Gasteiger partial charge < -0.3 is 34.4 Å². The second kappa shape index (κ2) is 13.5. The highest BCUT2D eigenvalue weighted by Crippen LogP contribution is 2.60. The Bertz CT molecular complexity index is 1410. The Labute approximate surface area is 266 Å². The zero-order valence-electron chi connectivity index (χ0n) is 26.4. The number of aliphatic hydroxyl groups excluding tert-OH is 1. The van der Waals surface area contributed by atoms with Gasteiger partial charge in [0.15, 0.2) is 5.60 Å². The molecule has 1 spiro atoms. The summed E-state index contributed by atoms with van der Waals surface area (Å²) >= 11 is 0. The van der Waals surface area contributed by atoms with Crippen LogP contribution in [-0.4, -0.2) is 75.0 Å². The van der Waals surface area contributed by atoms with Gasteiger partial charge in [-0.15, -0.1) is 6.58 Å². The third-order valence-electron chi connectivity index (χ3n) is 9.52. The maximum atomic E-state index is 16.3. The molecule has 45 heavy (non-hydrogen) atoms.